The third-order valence-electron chi connectivity index (χ3n) is 3.96. The number of carbonyl (C=O) groups excluding carboxylic acids is 1. The Morgan fingerprint density at radius 3 is 2.68 bits per heavy atom. The van der Waals surface area contributed by atoms with E-state index >= 15 is 0 Å². The topological polar surface area (TPSA) is 64.2 Å². The quantitative estimate of drug-likeness (QED) is 0.611. The van der Waals surface area contributed by atoms with Crippen LogP contribution in [0.2, 0.25) is 0 Å². The first-order valence-corrected chi connectivity index (χ1v) is 8.05. The summed E-state index contributed by atoms with van der Waals surface area (Å²) >= 11 is 0. The number of hydrogen-bond donors (Lipinski definition) is 1. The average molecular weight is 331 g/mol. The molecule has 25 heavy (non-hydrogen) atoms. The Labute approximate surface area is 144 Å². The van der Waals surface area contributed by atoms with Crippen molar-refractivity contribution in [3.63, 3.8) is 0 Å². The van der Waals surface area contributed by atoms with Crippen molar-refractivity contribution in [2.45, 2.75) is 13.1 Å². The van der Waals surface area contributed by atoms with Gasteiger partial charge in [-0.05, 0) is 35.9 Å². The first-order chi connectivity index (χ1) is 12.3. The normalized spacial score (nSPS) is 10.9. The fraction of sp³-hybridized carbons (Fsp3) is 0.105. The molecule has 0 atom stereocenters. The number of carbonyl (C=O) groups is 1. The predicted octanol–water partition coefficient (Wildman–Crippen LogP) is 2.51. The van der Waals surface area contributed by atoms with E-state index < -0.39 is 0 Å². The number of pyridine rings is 1. The number of fused-ring (bicyclic) bond motifs is 1. The van der Waals surface area contributed by atoms with Gasteiger partial charge >= 0.3 is 0 Å². The van der Waals surface area contributed by atoms with E-state index in [0.717, 1.165) is 16.9 Å². The number of nitrogens with one attached hydrogen (secondary N) is 1. The van der Waals surface area contributed by atoms with E-state index in [-0.39, 0.29) is 5.91 Å². The summed E-state index contributed by atoms with van der Waals surface area (Å²) in [6.07, 6.45) is 7.52. The molecule has 0 spiro atoms. The van der Waals surface area contributed by atoms with Crippen LogP contribution in [0.3, 0.4) is 0 Å². The fourth-order valence-electron chi connectivity index (χ4n) is 2.69. The largest absolute Gasteiger partial charge is 0.346 e. The molecule has 3 heterocycles. The standard InChI is InChI=1S/C19H17N5O/c25-19(20-12-17-14-23-10-2-1-4-18(23)22-17)16-7-5-15(6-8-16)13-24-11-3-9-21-24/h1-11,14H,12-13H2,(H,20,25). The number of imidazole rings is 1. The Morgan fingerprint density at radius 2 is 1.92 bits per heavy atom. The molecule has 4 rings (SSSR count). The lowest BCUT2D eigenvalue weighted by atomic mass is 10.1. The number of hydrogen-bond acceptors (Lipinski definition) is 3. The van der Waals surface area contributed by atoms with E-state index in [1.54, 1.807) is 6.20 Å². The van der Waals surface area contributed by atoms with Gasteiger partial charge in [0.05, 0.1) is 18.8 Å². The van der Waals surface area contributed by atoms with E-state index in [0.29, 0.717) is 18.7 Å². The molecule has 0 radical (unpaired) electrons. The molecule has 124 valence electrons. The molecule has 0 aliphatic carbocycles. The molecule has 0 aliphatic heterocycles. The van der Waals surface area contributed by atoms with Gasteiger partial charge in [0.2, 0.25) is 0 Å². The minimum Gasteiger partial charge on any atom is -0.346 e. The van der Waals surface area contributed by atoms with Crippen molar-refractivity contribution in [1.82, 2.24) is 24.5 Å². The van der Waals surface area contributed by atoms with Crippen LogP contribution in [-0.4, -0.2) is 25.1 Å². The van der Waals surface area contributed by atoms with Gasteiger partial charge in [0, 0.05) is 30.4 Å². The average Bonchev–Trinajstić information content (AvgIpc) is 3.29. The monoisotopic (exact) mass is 331 g/mol. The van der Waals surface area contributed by atoms with E-state index in [2.05, 4.69) is 15.4 Å². The summed E-state index contributed by atoms with van der Waals surface area (Å²) in [4.78, 5) is 16.8. The van der Waals surface area contributed by atoms with Crippen molar-refractivity contribution in [2.75, 3.05) is 0 Å². The summed E-state index contributed by atoms with van der Waals surface area (Å²) in [5, 5.41) is 7.09. The van der Waals surface area contributed by atoms with E-state index in [9.17, 15) is 4.79 Å². The number of aromatic nitrogens is 4. The van der Waals surface area contributed by atoms with Crippen molar-refractivity contribution in [1.29, 1.82) is 0 Å². The fourth-order valence-corrected chi connectivity index (χ4v) is 2.69. The van der Waals surface area contributed by atoms with Crippen molar-refractivity contribution in [3.05, 3.63) is 90.1 Å². The van der Waals surface area contributed by atoms with Crippen molar-refractivity contribution in [3.8, 4) is 0 Å². The zero-order valence-corrected chi connectivity index (χ0v) is 13.5. The van der Waals surface area contributed by atoms with Crippen LogP contribution in [-0.2, 0) is 13.1 Å². The smallest absolute Gasteiger partial charge is 0.251 e. The lowest BCUT2D eigenvalue weighted by molar-refractivity contribution is 0.0950. The summed E-state index contributed by atoms with van der Waals surface area (Å²) in [7, 11) is 0. The van der Waals surface area contributed by atoms with Gasteiger partial charge in [0.15, 0.2) is 0 Å². The molecule has 0 unspecified atom stereocenters. The Hall–Kier alpha value is -3.41. The van der Waals surface area contributed by atoms with Gasteiger partial charge in [0.25, 0.3) is 5.91 Å². The number of rotatable bonds is 5. The van der Waals surface area contributed by atoms with Gasteiger partial charge in [-0.2, -0.15) is 5.10 Å². The van der Waals surface area contributed by atoms with Crippen LogP contribution in [0.1, 0.15) is 21.6 Å². The third-order valence-corrected chi connectivity index (χ3v) is 3.96. The molecule has 6 heteroatoms. The van der Waals surface area contributed by atoms with Crippen LogP contribution in [0.5, 0.6) is 0 Å². The molecule has 1 aromatic carbocycles. The summed E-state index contributed by atoms with van der Waals surface area (Å²) < 4.78 is 3.78. The summed E-state index contributed by atoms with van der Waals surface area (Å²) in [5.41, 5.74) is 3.43. The summed E-state index contributed by atoms with van der Waals surface area (Å²) in [5.74, 6) is -0.109. The zero-order chi connectivity index (χ0) is 17.1. The molecule has 0 saturated heterocycles. The van der Waals surface area contributed by atoms with Crippen LogP contribution in [0.4, 0.5) is 0 Å². The molecule has 0 bridgehead atoms. The molecule has 0 fully saturated rings. The van der Waals surface area contributed by atoms with Gasteiger partial charge < -0.3 is 9.72 Å². The Balaban J connectivity index is 1.38. The van der Waals surface area contributed by atoms with Gasteiger partial charge in [-0.3, -0.25) is 9.48 Å². The zero-order valence-electron chi connectivity index (χ0n) is 13.5. The van der Waals surface area contributed by atoms with Gasteiger partial charge in [-0.15, -0.1) is 0 Å². The second-order valence-corrected chi connectivity index (χ2v) is 5.78. The van der Waals surface area contributed by atoms with Crippen LogP contribution >= 0.6 is 0 Å². The van der Waals surface area contributed by atoms with Crippen molar-refractivity contribution in [2.24, 2.45) is 0 Å². The second-order valence-electron chi connectivity index (χ2n) is 5.78. The van der Waals surface area contributed by atoms with Crippen LogP contribution in [0, 0.1) is 0 Å². The Kier molecular flexibility index (Phi) is 4.00. The summed E-state index contributed by atoms with van der Waals surface area (Å²) in [6, 6.07) is 15.3. The van der Waals surface area contributed by atoms with Gasteiger partial charge in [-0.1, -0.05) is 18.2 Å². The molecular formula is C19H17N5O. The van der Waals surface area contributed by atoms with Gasteiger partial charge in [0.1, 0.15) is 5.65 Å². The summed E-state index contributed by atoms with van der Waals surface area (Å²) in [6.45, 7) is 1.09. The highest BCUT2D eigenvalue weighted by Crippen LogP contribution is 2.08. The minimum absolute atomic E-state index is 0.109. The van der Waals surface area contributed by atoms with Crippen molar-refractivity contribution < 1.29 is 4.79 Å². The molecule has 4 aromatic rings. The maximum absolute atomic E-state index is 12.3. The van der Waals surface area contributed by atoms with E-state index in [1.165, 1.54) is 0 Å². The highest BCUT2D eigenvalue weighted by Gasteiger charge is 2.07. The molecule has 0 aliphatic rings. The molecule has 3 aromatic heterocycles. The third kappa shape index (κ3) is 3.42. The van der Waals surface area contributed by atoms with Crippen LogP contribution < -0.4 is 5.32 Å². The molecule has 1 amide bonds. The van der Waals surface area contributed by atoms with Gasteiger partial charge in [-0.25, -0.2) is 4.98 Å². The number of benzene rings is 1. The highest BCUT2D eigenvalue weighted by molar-refractivity contribution is 5.94. The predicted molar refractivity (Wildman–Crippen MR) is 94.1 cm³/mol. The minimum atomic E-state index is -0.109. The highest BCUT2D eigenvalue weighted by atomic mass is 16.1. The first kappa shape index (κ1) is 15.1. The van der Waals surface area contributed by atoms with Crippen LogP contribution in [0.25, 0.3) is 5.65 Å². The maximum Gasteiger partial charge on any atom is 0.251 e. The SMILES string of the molecule is O=C(NCc1cn2ccccc2n1)c1ccc(Cn2cccn2)cc1. The number of amides is 1. The lowest BCUT2D eigenvalue weighted by Gasteiger charge is -2.05. The van der Waals surface area contributed by atoms with E-state index in [4.69, 9.17) is 0 Å². The number of nitrogens with zero attached hydrogens (tertiary/aromatic N) is 4. The first-order valence-electron chi connectivity index (χ1n) is 8.05. The van der Waals surface area contributed by atoms with E-state index in [1.807, 2.05) is 76.2 Å². The maximum atomic E-state index is 12.3. The molecule has 1 N–H and O–H groups in total. The van der Waals surface area contributed by atoms with Crippen LogP contribution in [0.15, 0.2) is 73.3 Å². The lowest BCUT2D eigenvalue weighted by Crippen LogP contribution is -2.22. The molecule has 6 nitrogen and oxygen atoms in total. The molecule has 0 saturated carbocycles. The molecular weight excluding hydrogens is 314 g/mol. The second kappa shape index (κ2) is 6.60. The Morgan fingerprint density at radius 1 is 1.04 bits per heavy atom. The Bertz CT molecular complexity index is 953. The van der Waals surface area contributed by atoms with Crippen molar-refractivity contribution >= 4 is 11.6 Å².